The SMILES string of the molecule is COc1cc(C=NNC(=O)c2cc3cccc(C)c3nc2C)cc(OC)c1OC. The first-order valence-corrected chi connectivity index (χ1v) is 8.99. The van der Waals surface area contributed by atoms with E-state index >= 15 is 0 Å². The lowest BCUT2D eigenvalue weighted by Crippen LogP contribution is -2.19. The molecular weight excluding hydrogens is 370 g/mol. The van der Waals surface area contributed by atoms with E-state index in [0.717, 1.165) is 16.5 Å². The molecule has 1 amide bonds. The van der Waals surface area contributed by atoms with Crippen LogP contribution in [0.25, 0.3) is 10.9 Å². The second-order valence-corrected chi connectivity index (χ2v) is 6.43. The number of nitrogens with one attached hydrogen (secondary N) is 1. The van der Waals surface area contributed by atoms with Crippen LogP contribution in [0.3, 0.4) is 0 Å². The number of nitrogens with zero attached hydrogens (tertiary/aromatic N) is 2. The number of aromatic nitrogens is 1. The number of amides is 1. The molecule has 0 atom stereocenters. The summed E-state index contributed by atoms with van der Waals surface area (Å²) >= 11 is 0. The van der Waals surface area contributed by atoms with Crippen LogP contribution in [-0.2, 0) is 0 Å². The van der Waals surface area contributed by atoms with Gasteiger partial charge in [-0.3, -0.25) is 9.78 Å². The standard InChI is InChI=1S/C22H23N3O4/c1-13-7-6-8-16-11-17(14(2)24-20(13)16)22(26)25-23-12-15-9-18(27-3)21(29-5)19(10-15)28-4/h6-12H,1-5H3,(H,25,26). The number of methoxy groups -OCH3 is 3. The highest BCUT2D eigenvalue weighted by molar-refractivity contribution is 5.99. The number of pyridine rings is 1. The molecule has 1 aromatic heterocycles. The van der Waals surface area contributed by atoms with Gasteiger partial charge in [-0.05, 0) is 37.6 Å². The van der Waals surface area contributed by atoms with Gasteiger partial charge in [0.2, 0.25) is 5.75 Å². The van der Waals surface area contributed by atoms with E-state index in [-0.39, 0.29) is 5.91 Å². The molecule has 0 fully saturated rings. The molecule has 1 N–H and O–H groups in total. The van der Waals surface area contributed by atoms with Crippen LogP contribution in [0.4, 0.5) is 0 Å². The Hall–Kier alpha value is -3.61. The van der Waals surface area contributed by atoms with Gasteiger partial charge in [0.1, 0.15) is 0 Å². The van der Waals surface area contributed by atoms with Crippen molar-refractivity contribution in [3.63, 3.8) is 0 Å². The average Bonchev–Trinajstić information content (AvgIpc) is 2.73. The number of ether oxygens (including phenoxy) is 3. The van der Waals surface area contributed by atoms with Crippen LogP contribution >= 0.6 is 0 Å². The monoisotopic (exact) mass is 393 g/mol. The third-order valence-corrected chi connectivity index (χ3v) is 4.55. The normalized spacial score (nSPS) is 10.9. The lowest BCUT2D eigenvalue weighted by molar-refractivity contribution is 0.0954. The number of para-hydroxylation sites is 1. The number of carbonyl (C=O) groups is 1. The summed E-state index contributed by atoms with van der Waals surface area (Å²) in [5.74, 6) is 1.17. The number of hydrazone groups is 1. The van der Waals surface area contributed by atoms with Crippen LogP contribution in [0, 0.1) is 13.8 Å². The highest BCUT2D eigenvalue weighted by atomic mass is 16.5. The zero-order valence-corrected chi connectivity index (χ0v) is 17.1. The largest absolute Gasteiger partial charge is 0.493 e. The van der Waals surface area contributed by atoms with E-state index in [1.54, 1.807) is 12.1 Å². The number of fused-ring (bicyclic) bond motifs is 1. The Balaban J connectivity index is 1.83. The first-order chi connectivity index (χ1) is 14.0. The van der Waals surface area contributed by atoms with Gasteiger partial charge in [-0.1, -0.05) is 18.2 Å². The van der Waals surface area contributed by atoms with E-state index in [9.17, 15) is 4.79 Å². The smallest absolute Gasteiger partial charge is 0.273 e. The number of rotatable bonds is 6. The molecule has 29 heavy (non-hydrogen) atoms. The summed E-state index contributed by atoms with van der Waals surface area (Å²) in [4.78, 5) is 17.2. The fourth-order valence-electron chi connectivity index (χ4n) is 3.07. The summed E-state index contributed by atoms with van der Waals surface area (Å²) in [6.45, 7) is 3.81. The third-order valence-electron chi connectivity index (χ3n) is 4.55. The van der Waals surface area contributed by atoms with Gasteiger partial charge < -0.3 is 14.2 Å². The minimum atomic E-state index is -0.331. The third kappa shape index (κ3) is 4.13. The van der Waals surface area contributed by atoms with Crippen LogP contribution in [0.15, 0.2) is 41.5 Å². The van der Waals surface area contributed by atoms with Crippen molar-refractivity contribution in [3.8, 4) is 17.2 Å². The summed E-state index contributed by atoms with van der Waals surface area (Å²) in [5.41, 5.74) is 6.31. The average molecular weight is 393 g/mol. The van der Waals surface area contributed by atoms with Crippen LogP contribution in [0.2, 0.25) is 0 Å². The van der Waals surface area contributed by atoms with Gasteiger partial charge in [-0.15, -0.1) is 0 Å². The Bertz CT molecular complexity index is 1070. The highest BCUT2D eigenvalue weighted by Gasteiger charge is 2.14. The minimum absolute atomic E-state index is 0.331. The Morgan fingerprint density at radius 3 is 2.34 bits per heavy atom. The predicted octanol–water partition coefficient (Wildman–Crippen LogP) is 3.64. The molecule has 7 nitrogen and oxygen atoms in total. The minimum Gasteiger partial charge on any atom is -0.493 e. The van der Waals surface area contributed by atoms with E-state index in [2.05, 4.69) is 15.5 Å². The maximum atomic E-state index is 12.6. The van der Waals surface area contributed by atoms with E-state index in [4.69, 9.17) is 14.2 Å². The Labute approximate surface area is 169 Å². The number of hydrogen-bond donors (Lipinski definition) is 1. The first-order valence-electron chi connectivity index (χ1n) is 8.99. The zero-order valence-electron chi connectivity index (χ0n) is 17.1. The van der Waals surface area contributed by atoms with Crippen molar-refractivity contribution in [2.24, 2.45) is 5.10 Å². The van der Waals surface area contributed by atoms with Crippen molar-refractivity contribution in [1.82, 2.24) is 10.4 Å². The molecule has 0 aliphatic rings. The molecule has 0 spiro atoms. The molecular formula is C22H23N3O4. The van der Waals surface area contributed by atoms with Crippen molar-refractivity contribution in [2.75, 3.05) is 21.3 Å². The molecule has 0 saturated carbocycles. The highest BCUT2D eigenvalue weighted by Crippen LogP contribution is 2.37. The molecule has 0 aliphatic heterocycles. The van der Waals surface area contributed by atoms with Gasteiger partial charge in [-0.25, -0.2) is 5.43 Å². The molecule has 150 valence electrons. The topological polar surface area (TPSA) is 82.0 Å². The maximum Gasteiger partial charge on any atom is 0.273 e. The lowest BCUT2D eigenvalue weighted by Gasteiger charge is -2.12. The van der Waals surface area contributed by atoms with Crippen LogP contribution in [0.1, 0.15) is 27.2 Å². The van der Waals surface area contributed by atoms with Gasteiger partial charge in [0, 0.05) is 10.9 Å². The van der Waals surface area contributed by atoms with Crippen LogP contribution < -0.4 is 19.6 Å². The molecule has 3 aromatic rings. The molecule has 0 radical (unpaired) electrons. The summed E-state index contributed by atoms with van der Waals surface area (Å²) in [7, 11) is 4.62. The molecule has 2 aromatic carbocycles. The number of benzene rings is 2. The van der Waals surface area contributed by atoms with Gasteiger partial charge in [0.15, 0.2) is 11.5 Å². The van der Waals surface area contributed by atoms with Crippen molar-refractivity contribution in [3.05, 3.63) is 58.8 Å². The van der Waals surface area contributed by atoms with Gasteiger partial charge in [-0.2, -0.15) is 5.10 Å². The lowest BCUT2D eigenvalue weighted by atomic mass is 10.1. The molecule has 0 bridgehead atoms. The van der Waals surface area contributed by atoms with Gasteiger partial charge in [0.25, 0.3) is 5.91 Å². The second-order valence-electron chi connectivity index (χ2n) is 6.43. The number of carbonyl (C=O) groups excluding carboxylic acids is 1. The summed E-state index contributed by atoms with van der Waals surface area (Å²) < 4.78 is 15.9. The summed E-state index contributed by atoms with van der Waals surface area (Å²) in [6, 6.07) is 11.2. The summed E-state index contributed by atoms with van der Waals surface area (Å²) in [6.07, 6.45) is 1.51. The second kappa shape index (κ2) is 8.60. The van der Waals surface area contributed by atoms with Crippen molar-refractivity contribution in [2.45, 2.75) is 13.8 Å². The van der Waals surface area contributed by atoms with E-state index < -0.39 is 0 Å². The van der Waals surface area contributed by atoms with Crippen molar-refractivity contribution < 1.29 is 19.0 Å². The van der Waals surface area contributed by atoms with E-state index in [1.807, 2.05) is 38.1 Å². The fraction of sp³-hybridized carbons (Fsp3) is 0.227. The van der Waals surface area contributed by atoms with Crippen molar-refractivity contribution in [1.29, 1.82) is 0 Å². The molecule has 7 heteroatoms. The molecule has 3 rings (SSSR count). The van der Waals surface area contributed by atoms with Gasteiger partial charge in [0.05, 0.1) is 44.3 Å². The zero-order chi connectivity index (χ0) is 21.0. The van der Waals surface area contributed by atoms with Crippen LogP contribution in [-0.4, -0.2) is 38.4 Å². The Morgan fingerprint density at radius 1 is 1.03 bits per heavy atom. The fourth-order valence-corrected chi connectivity index (χ4v) is 3.07. The first kappa shape index (κ1) is 20.1. The maximum absolute atomic E-state index is 12.6. The molecule has 0 unspecified atom stereocenters. The van der Waals surface area contributed by atoms with E-state index in [0.29, 0.717) is 34.1 Å². The number of aryl methyl sites for hydroxylation is 2. The summed E-state index contributed by atoms with van der Waals surface area (Å²) in [5, 5.41) is 4.97. The molecule has 1 heterocycles. The predicted molar refractivity (Wildman–Crippen MR) is 112 cm³/mol. The van der Waals surface area contributed by atoms with Gasteiger partial charge >= 0.3 is 0 Å². The molecule has 0 aliphatic carbocycles. The molecule has 0 saturated heterocycles. The van der Waals surface area contributed by atoms with Crippen molar-refractivity contribution >= 4 is 23.0 Å². The van der Waals surface area contributed by atoms with Crippen LogP contribution in [0.5, 0.6) is 17.2 Å². The number of hydrogen-bond acceptors (Lipinski definition) is 6. The Kier molecular flexibility index (Phi) is 5.97. The Morgan fingerprint density at radius 2 is 1.72 bits per heavy atom. The quantitative estimate of drug-likeness (QED) is 0.511. The van der Waals surface area contributed by atoms with E-state index in [1.165, 1.54) is 27.5 Å².